The van der Waals surface area contributed by atoms with Gasteiger partial charge in [-0.1, -0.05) is 11.6 Å². The molecule has 0 fully saturated rings. The zero-order chi connectivity index (χ0) is 12.3. The summed E-state index contributed by atoms with van der Waals surface area (Å²) in [5.41, 5.74) is 1.53. The van der Waals surface area contributed by atoms with Gasteiger partial charge in [0.2, 0.25) is 0 Å². The number of hydrogen-bond acceptors (Lipinski definition) is 3. The summed E-state index contributed by atoms with van der Waals surface area (Å²) in [6, 6.07) is 5.95. The van der Waals surface area contributed by atoms with E-state index < -0.39 is 5.82 Å². The Kier molecular flexibility index (Phi) is 3.54. The first kappa shape index (κ1) is 11.8. The van der Waals surface area contributed by atoms with Gasteiger partial charge < -0.3 is 4.74 Å². The summed E-state index contributed by atoms with van der Waals surface area (Å²) < 4.78 is 18.6. The first-order chi connectivity index (χ1) is 8.15. The van der Waals surface area contributed by atoms with E-state index in [9.17, 15) is 4.39 Å². The summed E-state index contributed by atoms with van der Waals surface area (Å²) in [7, 11) is 0. The number of ether oxygens (including phenoxy) is 1. The van der Waals surface area contributed by atoms with Crippen molar-refractivity contribution in [3.63, 3.8) is 0 Å². The smallest absolute Gasteiger partial charge is 0.165 e. The van der Waals surface area contributed by atoms with Gasteiger partial charge in [-0.25, -0.2) is 14.4 Å². The van der Waals surface area contributed by atoms with Crippen LogP contribution in [-0.4, -0.2) is 9.97 Å². The molecule has 0 aliphatic rings. The van der Waals surface area contributed by atoms with E-state index in [2.05, 4.69) is 9.97 Å². The standard InChI is InChI=1S/C12H10ClFN2O/c1-8-4-10(16-7-15-8)6-17-12-5-9(13)2-3-11(12)14/h2-5,7H,6H2,1H3. The highest BCUT2D eigenvalue weighted by Gasteiger charge is 2.05. The van der Waals surface area contributed by atoms with Crippen molar-refractivity contribution >= 4 is 11.6 Å². The molecule has 0 radical (unpaired) electrons. The molecule has 0 aliphatic heterocycles. The number of hydrogen-bond donors (Lipinski definition) is 0. The maximum atomic E-state index is 13.3. The minimum absolute atomic E-state index is 0.119. The van der Waals surface area contributed by atoms with Crippen LogP contribution in [-0.2, 0) is 6.61 Å². The van der Waals surface area contributed by atoms with Gasteiger partial charge in [0.1, 0.15) is 12.9 Å². The van der Waals surface area contributed by atoms with Crippen LogP contribution in [0.2, 0.25) is 5.02 Å². The fourth-order valence-corrected chi connectivity index (χ4v) is 1.49. The van der Waals surface area contributed by atoms with Crippen LogP contribution in [0.4, 0.5) is 4.39 Å². The highest BCUT2D eigenvalue weighted by Crippen LogP contribution is 2.22. The first-order valence-corrected chi connectivity index (χ1v) is 5.38. The van der Waals surface area contributed by atoms with Gasteiger partial charge in [0, 0.05) is 16.8 Å². The van der Waals surface area contributed by atoms with Crippen LogP contribution in [0, 0.1) is 12.7 Å². The average Bonchev–Trinajstić information content (AvgIpc) is 2.30. The van der Waals surface area contributed by atoms with Gasteiger partial charge >= 0.3 is 0 Å². The predicted molar refractivity (Wildman–Crippen MR) is 62.5 cm³/mol. The van der Waals surface area contributed by atoms with Gasteiger partial charge in [-0.05, 0) is 25.1 Å². The van der Waals surface area contributed by atoms with E-state index in [1.54, 1.807) is 6.07 Å². The molecule has 0 aliphatic carbocycles. The fraction of sp³-hybridized carbons (Fsp3) is 0.167. The van der Waals surface area contributed by atoms with Crippen molar-refractivity contribution in [2.45, 2.75) is 13.5 Å². The maximum Gasteiger partial charge on any atom is 0.165 e. The largest absolute Gasteiger partial charge is 0.484 e. The Balaban J connectivity index is 2.09. The molecular weight excluding hydrogens is 243 g/mol. The Labute approximate surface area is 103 Å². The number of aromatic nitrogens is 2. The quantitative estimate of drug-likeness (QED) is 0.842. The molecule has 2 aromatic rings. The Hall–Kier alpha value is -1.68. The second kappa shape index (κ2) is 5.10. The van der Waals surface area contributed by atoms with E-state index in [1.165, 1.54) is 24.5 Å². The van der Waals surface area contributed by atoms with Crippen LogP contribution < -0.4 is 4.74 Å². The van der Waals surface area contributed by atoms with Crippen LogP contribution in [0.1, 0.15) is 11.4 Å². The Morgan fingerprint density at radius 3 is 2.88 bits per heavy atom. The van der Waals surface area contributed by atoms with Crippen molar-refractivity contribution in [1.82, 2.24) is 9.97 Å². The Bertz CT molecular complexity index is 534. The molecule has 0 saturated heterocycles. The number of benzene rings is 1. The molecule has 88 valence electrons. The summed E-state index contributed by atoms with van der Waals surface area (Å²) >= 11 is 5.75. The molecule has 0 atom stereocenters. The van der Waals surface area contributed by atoms with Gasteiger partial charge in [-0.2, -0.15) is 0 Å². The summed E-state index contributed by atoms with van der Waals surface area (Å²) in [5, 5.41) is 0.431. The van der Waals surface area contributed by atoms with Crippen LogP contribution in [0.5, 0.6) is 5.75 Å². The maximum absolute atomic E-state index is 13.3. The number of nitrogens with zero attached hydrogens (tertiary/aromatic N) is 2. The topological polar surface area (TPSA) is 35.0 Å². The molecule has 1 aromatic carbocycles. The zero-order valence-corrected chi connectivity index (χ0v) is 9.91. The Morgan fingerprint density at radius 1 is 1.29 bits per heavy atom. The molecule has 0 saturated carbocycles. The predicted octanol–water partition coefficient (Wildman–Crippen LogP) is 3.16. The molecular formula is C12H10ClFN2O. The Morgan fingerprint density at radius 2 is 2.12 bits per heavy atom. The number of halogens is 2. The van der Waals surface area contributed by atoms with Crippen LogP contribution in [0.15, 0.2) is 30.6 Å². The van der Waals surface area contributed by atoms with Crippen LogP contribution in [0.3, 0.4) is 0 Å². The molecule has 0 amide bonds. The lowest BCUT2D eigenvalue weighted by Gasteiger charge is -2.07. The lowest BCUT2D eigenvalue weighted by atomic mass is 10.3. The molecule has 17 heavy (non-hydrogen) atoms. The molecule has 1 aromatic heterocycles. The van der Waals surface area contributed by atoms with Gasteiger partial charge in [0.05, 0.1) is 5.69 Å². The van der Waals surface area contributed by atoms with E-state index in [4.69, 9.17) is 16.3 Å². The molecule has 3 nitrogen and oxygen atoms in total. The second-order valence-corrected chi connectivity index (χ2v) is 3.95. The van der Waals surface area contributed by atoms with Crippen LogP contribution >= 0.6 is 11.6 Å². The van der Waals surface area contributed by atoms with Gasteiger partial charge in [0.15, 0.2) is 11.6 Å². The number of aryl methyl sites for hydroxylation is 1. The van der Waals surface area contributed by atoms with Crippen molar-refractivity contribution in [3.8, 4) is 5.75 Å². The van der Waals surface area contributed by atoms with Crippen molar-refractivity contribution in [3.05, 3.63) is 52.8 Å². The van der Waals surface area contributed by atoms with Crippen molar-refractivity contribution in [2.24, 2.45) is 0 Å². The second-order valence-electron chi connectivity index (χ2n) is 3.51. The molecule has 0 bridgehead atoms. The molecule has 1 heterocycles. The van der Waals surface area contributed by atoms with Gasteiger partial charge in [-0.15, -0.1) is 0 Å². The summed E-state index contributed by atoms with van der Waals surface area (Å²) in [4.78, 5) is 7.98. The summed E-state index contributed by atoms with van der Waals surface area (Å²) in [5.74, 6) is -0.325. The normalized spacial score (nSPS) is 10.3. The third-order valence-electron chi connectivity index (χ3n) is 2.13. The molecule has 0 spiro atoms. The minimum atomic E-state index is -0.444. The third kappa shape index (κ3) is 3.14. The lowest BCUT2D eigenvalue weighted by molar-refractivity contribution is 0.285. The van der Waals surface area contributed by atoms with E-state index in [1.807, 2.05) is 6.92 Å². The van der Waals surface area contributed by atoms with E-state index in [0.29, 0.717) is 10.7 Å². The first-order valence-electron chi connectivity index (χ1n) is 5.00. The molecule has 0 unspecified atom stereocenters. The summed E-state index contributed by atoms with van der Waals surface area (Å²) in [6.07, 6.45) is 1.45. The highest BCUT2D eigenvalue weighted by atomic mass is 35.5. The van der Waals surface area contributed by atoms with Gasteiger partial charge in [0.25, 0.3) is 0 Å². The summed E-state index contributed by atoms with van der Waals surface area (Å²) in [6.45, 7) is 2.03. The monoisotopic (exact) mass is 252 g/mol. The van der Waals surface area contributed by atoms with Crippen molar-refractivity contribution in [1.29, 1.82) is 0 Å². The third-order valence-corrected chi connectivity index (χ3v) is 2.36. The van der Waals surface area contributed by atoms with E-state index >= 15 is 0 Å². The molecule has 5 heteroatoms. The minimum Gasteiger partial charge on any atom is -0.484 e. The fourth-order valence-electron chi connectivity index (χ4n) is 1.33. The number of rotatable bonds is 3. The molecule has 2 rings (SSSR count). The lowest BCUT2D eigenvalue weighted by Crippen LogP contribution is -2.00. The molecule has 0 N–H and O–H groups in total. The zero-order valence-electron chi connectivity index (χ0n) is 9.15. The SMILES string of the molecule is Cc1cc(COc2cc(Cl)ccc2F)ncn1. The van der Waals surface area contributed by atoms with Gasteiger partial charge in [-0.3, -0.25) is 0 Å². The van der Waals surface area contributed by atoms with Crippen molar-refractivity contribution in [2.75, 3.05) is 0 Å². The van der Waals surface area contributed by atoms with E-state index in [0.717, 1.165) is 5.69 Å². The van der Waals surface area contributed by atoms with Crippen LogP contribution in [0.25, 0.3) is 0 Å². The van der Waals surface area contributed by atoms with E-state index in [-0.39, 0.29) is 12.4 Å². The van der Waals surface area contributed by atoms with Crippen molar-refractivity contribution < 1.29 is 9.13 Å². The highest BCUT2D eigenvalue weighted by molar-refractivity contribution is 6.30. The average molecular weight is 253 g/mol.